The molecule has 3 aromatic rings. The maximum atomic E-state index is 3.99. The minimum absolute atomic E-state index is 0.105. The van der Waals surface area contributed by atoms with Crippen molar-refractivity contribution in [3.8, 4) is 11.1 Å². The largest absolute Gasteiger partial charge is 0.0654 e. The van der Waals surface area contributed by atoms with Gasteiger partial charge < -0.3 is 0 Å². The Kier molecular flexibility index (Phi) is 10.6. The third-order valence-corrected chi connectivity index (χ3v) is 9.89. The predicted molar refractivity (Wildman–Crippen MR) is 169 cm³/mol. The fraction of sp³-hybridized carbons (Fsp3) is 0.515. The maximum Gasteiger partial charge on any atom is 0.0257 e. The van der Waals surface area contributed by atoms with E-state index in [0.717, 1.165) is 4.47 Å². The van der Waals surface area contributed by atoms with Gasteiger partial charge in [0.05, 0.1) is 0 Å². The Bertz CT molecular complexity index is 1150. The highest BCUT2D eigenvalue weighted by atomic mass is 79.9. The summed E-state index contributed by atoms with van der Waals surface area (Å²) in [5.41, 5.74) is 6.13. The van der Waals surface area contributed by atoms with Crippen molar-refractivity contribution in [2.75, 3.05) is 0 Å². The van der Waals surface area contributed by atoms with Gasteiger partial charge in [-0.25, -0.2) is 0 Å². The molecule has 0 spiro atoms. The maximum absolute atomic E-state index is 3.99. The van der Waals surface area contributed by atoms with Crippen molar-refractivity contribution < 1.29 is 0 Å². The molecule has 194 valence electrons. The fourth-order valence-electron chi connectivity index (χ4n) is 6.37. The lowest BCUT2D eigenvalue weighted by Gasteiger charge is -2.33. The summed E-state index contributed by atoms with van der Waals surface area (Å²) in [5.74, 6) is 0. The van der Waals surface area contributed by atoms with Crippen LogP contribution < -0.4 is 0 Å². The van der Waals surface area contributed by atoms with Gasteiger partial charge in [-0.05, 0) is 76.2 Å². The van der Waals surface area contributed by atoms with Gasteiger partial charge in [0.1, 0.15) is 0 Å². The van der Waals surface area contributed by atoms with Crippen LogP contribution in [0.1, 0.15) is 115 Å². The third-order valence-electron chi connectivity index (χ3n) is 8.24. The van der Waals surface area contributed by atoms with Crippen molar-refractivity contribution >= 4 is 58.6 Å². The molecule has 0 radical (unpaired) electrons. The average molecular weight is 677 g/mol. The first-order valence-electron chi connectivity index (χ1n) is 14.2. The molecule has 3 heteroatoms. The van der Waals surface area contributed by atoms with Crippen molar-refractivity contribution in [2.24, 2.45) is 0 Å². The van der Waals surface area contributed by atoms with Crippen molar-refractivity contribution in [3.05, 3.63) is 67.0 Å². The van der Waals surface area contributed by atoms with E-state index in [4.69, 9.17) is 0 Å². The van der Waals surface area contributed by atoms with Gasteiger partial charge in [-0.2, -0.15) is 0 Å². The molecule has 0 saturated heterocycles. The normalized spacial score (nSPS) is 13.8. The molecular formula is C33H41Br3. The number of hydrogen-bond acceptors (Lipinski definition) is 0. The number of benzene rings is 3. The summed E-state index contributed by atoms with van der Waals surface area (Å²) in [5, 5.41) is 2.67. The Labute approximate surface area is 244 Å². The van der Waals surface area contributed by atoms with Gasteiger partial charge in [-0.1, -0.05) is 151 Å². The Morgan fingerprint density at radius 2 is 1.11 bits per heavy atom. The topological polar surface area (TPSA) is 0 Å². The number of hydrogen-bond donors (Lipinski definition) is 0. The van der Waals surface area contributed by atoms with E-state index in [-0.39, 0.29) is 5.41 Å². The zero-order chi connectivity index (χ0) is 25.5. The Morgan fingerprint density at radius 1 is 0.556 bits per heavy atom. The van der Waals surface area contributed by atoms with Crippen LogP contribution in [0.2, 0.25) is 0 Å². The molecule has 0 amide bonds. The van der Waals surface area contributed by atoms with Crippen LogP contribution in [0.5, 0.6) is 0 Å². The van der Waals surface area contributed by atoms with E-state index < -0.39 is 0 Å². The lowest BCUT2D eigenvalue weighted by molar-refractivity contribution is 0.398. The Balaban J connectivity index is 1.75. The van der Waals surface area contributed by atoms with E-state index in [2.05, 4.69) is 104 Å². The molecule has 0 bridgehead atoms. The second-order valence-corrected chi connectivity index (χ2v) is 13.5. The summed E-state index contributed by atoms with van der Waals surface area (Å²) in [6.45, 7) is 4.61. The molecule has 0 heterocycles. The van der Waals surface area contributed by atoms with Crippen molar-refractivity contribution in [1.82, 2.24) is 0 Å². The monoisotopic (exact) mass is 674 g/mol. The van der Waals surface area contributed by atoms with E-state index in [0.29, 0.717) is 0 Å². The number of halogens is 3. The summed E-state index contributed by atoms with van der Waals surface area (Å²) < 4.78 is 3.56. The van der Waals surface area contributed by atoms with Crippen LogP contribution in [-0.4, -0.2) is 0 Å². The summed E-state index contributed by atoms with van der Waals surface area (Å²) >= 11 is 11.5. The zero-order valence-corrected chi connectivity index (χ0v) is 26.8. The first kappa shape index (κ1) is 28.4. The third kappa shape index (κ3) is 6.15. The molecule has 36 heavy (non-hydrogen) atoms. The van der Waals surface area contributed by atoms with E-state index in [1.807, 2.05) is 0 Å². The number of rotatable bonds is 14. The second-order valence-electron chi connectivity index (χ2n) is 10.8. The fourth-order valence-corrected chi connectivity index (χ4v) is 7.65. The van der Waals surface area contributed by atoms with Gasteiger partial charge in [0, 0.05) is 18.8 Å². The second kappa shape index (κ2) is 13.4. The van der Waals surface area contributed by atoms with Crippen LogP contribution in [0.3, 0.4) is 0 Å². The standard InChI is InChI=1S/C33H41Br3/c1-3-5-7-9-11-13-19-33(20-14-12-10-8-6-4-2)29-22-25(35)16-18-27(29)32-26-17-15-24(34)21-28(26)31(36)23-30(32)33/h15-18,21-23H,3-14,19-20H2,1-2H3. The molecule has 0 atom stereocenters. The van der Waals surface area contributed by atoms with E-state index in [1.54, 1.807) is 11.1 Å². The van der Waals surface area contributed by atoms with Gasteiger partial charge in [0.25, 0.3) is 0 Å². The highest BCUT2D eigenvalue weighted by Crippen LogP contribution is 2.57. The van der Waals surface area contributed by atoms with Crippen LogP contribution >= 0.6 is 47.8 Å². The highest BCUT2D eigenvalue weighted by molar-refractivity contribution is 9.11. The van der Waals surface area contributed by atoms with E-state index in [1.165, 1.54) is 121 Å². The van der Waals surface area contributed by atoms with Gasteiger partial charge >= 0.3 is 0 Å². The van der Waals surface area contributed by atoms with Crippen molar-refractivity contribution in [1.29, 1.82) is 0 Å². The molecule has 0 saturated carbocycles. The molecule has 3 aromatic carbocycles. The molecule has 0 aromatic heterocycles. The summed E-state index contributed by atoms with van der Waals surface area (Å²) in [4.78, 5) is 0. The number of fused-ring (bicyclic) bond motifs is 5. The average Bonchev–Trinajstić information content (AvgIpc) is 3.12. The number of unbranched alkanes of at least 4 members (excludes halogenated alkanes) is 10. The molecule has 0 aliphatic heterocycles. The van der Waals surface area contributed by atoms with Crippen molar-refractivity contribution in [3.63, 3.8) is 0 Å². The minimum atomic E-state index is 0.105. The van der Waals surface area contributed by atoms with Crippen LogP contribution in [0.15, 0.2) is 55.9 Å². The molecule has 0 fully saturated rings. The van der Waals surface area contributed by atoms with Gasteiger partial charge in [0.2, 0.25) is 0 Å². The van der Waals surface area contributed by atoms with Crippen LogP contribution in [0, 0.1) is 0 Å². The first-order valence-corrected chi connectivity index (χ1v) is 16.6. The quantitative estimate of drug-likeness (QED) is 0.149. The van der Waals surface area contributed by atoms with Gasteiger partial charge in [0.15, 0.2) is 0 Å². The Morgan fingerprint density at radius 3 is 1.75 bits per heavy atom. The van der Waals surface area contributed by atoms with Crippen molar-refractivity contribution in [2.45, 2.75) is 109 Å². The zero-order valence-electron chi connectivity index (χ0n) is 22.1. The summed E-state index contributed by atoms with van der Waals surface area (Å²) in [7, 11) is 0. The highest BCUT2D eigenvalue weighted by Gasteiger charge is 2.43. The lowest BCUT2D eigenvalue weighted by atomic mass is 9.70. The molecule has 1 aliphatic rings. The molecular weight excluding hydrogens is 636 g/mol. The summed E-state index contributed by atoms with van der Waals surface area (Å²) in [6.07, 6.45) is 18.7. The van der Waals surface area contributed by atoms with Gasteiger partial charge in [-0.15, -0.1) is 0 Å². The SMILES string of the molecule is CCCCCCCCC1(CCCCCCCC)c2cc(Br)ccc2-c2c1cc(Br)c1cc(Br)ccc21. The van der Waals surface area contributed by atoms with Gasteiger partial charge in [-0.3, -0.25) is 0 Å². The minimum Gasteiger partial charge on any atom is -0.0654 e. The smallest absolute Gasteiger partial charge is 0.0257 e. The van der Waals surface area contributed by atoms with Crippen LogP contribution in [0.4, 0.5) is 0 Å². The molecule has 0 unspecified atom stereocenters. The van der Waals surface area contributed by atoms with Crippen LogP contribution in [0.25, 0.3) is 21.9 Å². The van der Waals surface area contributed by atoms with E-state index >= 15 is 0 Å². The summed E-state index contributed by atoms with van der Waals surface area (Å²) in [6, 6.07) is 16.3. The predicted octanol–water partition coefficient (Wildman–Crippen LogP) is 12.9. The molecule has 0 nitrogen and oxygen atoms in total. The first-order chi connectivity index (χ1) is 17.5. The Hall–Kier alpha value is -0.640. The molecule has 1 aliphatic carbocycles. The van der Waals surface area contributed by atoms with E-state index in [9.17, 15) is 0 Å². The molecule has 0 N–H and O–H groups in total. The lowest BCUT2D eigenvalue weighted by Crippen LogP contribution is -2.25. The molecule has 4 rings (SSSR count). The van der Waals surface area contributed by atoms with Crippen LogP contribution in [-0.2, 0) is 5.41 Å².